The Labute approximate surface area is 173 Å². The minimum atomic E-state index is -4.43. The fourth-order valence-corrected chi connectivity index (χ4v) is 3.55. The number of para-hydroxylation sites is 1. The molecule has 0 fully saturated rings. The molecule has 0 spiro atoms. The summed E-state index contributed by atoms with van der Waals surface area (Å²) in [6.45, 7) is 4.03. The number of hydrogen-bond donors (Lipinski definition) is 2. The van der Waals surface area contributed by atoms with Gasteiger partial charge in [-0.25, -0.2) is 5.43 Å². The molecule has 8 heteroatoms. The van der Waals surface area contributed by atoms with Gasteiger partial charge in [-0.05, 0) is 35.9 Å². The van der Waals surface area contributed by atoms with Gasteiger partial charge in [0.1, 0.15) is 0 Å². The first kappa shape index (κ1) is 21.4. The number of hydrazone groups is 1. The Bertz CT molecular complexity index is 996. The largest absolute Gasteiger partial charge is 0.416 e. The third-order valence-corrected chi connectivity index (χ3v) is 5.08. The van der Waals surface area contributed by atoms with Crippen molar-refractivity contribution < 1.29 is 18.0 Å². The lowest BCUT2D eigenvalue weighted by Gasteiger charge is -2.23. The predicted octanol–water partition coefficient (Wildman–Crippen LogP) is 4.53. The highest BCUT2D eigenvalue weighted by atomic mass is 19.4. The van der Waals surface area contributed by atoms with E-state index in [0.29, 0.717) is 0 Å². The van der Waals surface area contributed by atoms with Crippen LogP contribution in [0.1, 0.15) is 25.0 Å². The first-order valence-corrected chi connectivity index (χ1v) is 9.38. The van der Waals surface area contributed by atoms with Gasteiger partial charge in [-0.15, -0.1) is 0 Å². The summed E-state index contributed by atoms with van der Waals surface area (Å²) in [5.41, 5.74) is 4.96. The maximum atomic E-state index is 12.7. The molecule has 1 aliphatic heterocycles. The van der Waals surface area contributed by atoms with E-state index in [-0.39, 0.29) is 17.6 Å². The molecule has 0 saturated carbocycles. The molecular weight excluding hydrogens is 393 g/mol. The Balaban J connectivity index is 1.57. The number of anilines is 2. The van der Waals surface area contributed by atoms with E-state index in [1.54, 1.807) is 0 Å². The lowest BCUT2D eigenvalue weighted by molar-refractivity contribution is -0.137. The van der Waals surface area contributed by atoms with Gasteiger partial charge in [-0.2, -0.15) is 18.3 Å². The molecule has 0 atom stereocenters. The summed E-state index contributed by atoms with van der Waals surface area (Å²) in [5, 5.41) is 6.58. The molecule has 5 nitrogen and oxygen atoms in total. The number of alkyl halides is 3. The maximum Gasteiger partial charge on any atom is 0.416 e. The number of carbonyl (C=O) groups is 1. The van der Waals surface area contributed by atoms with Crippen LogP contribution in [0.4, 0.5) is 24.5 Å². The van der Waals surface area contributed by atoms with Gasteiger partial charge in [-0.1, -0.05) is 38.1 Å². The van der Waals surface area contributed by atoms with Crippen LogP contribution in [0, 0.1) is 0 Å². The van der Waals surface area contributed by atoms with Gasteiger partial charge in [0, 0.05) is 35.7 Å². The Morgan fingerprint density at radius 3 is 2.60 bits per heavy atom. The minimum Gasteiger partial charge on any atom is -0.376 e. The van der Waals surface area contributed by atoms with Crippen molar-refractivity contribution in [2.75, 3.05) is 23.8 Å². The van der Waals surface area contributed by atoms with Crippen molar-refractivity contribution in [3.63, 3.8) is 0 Å². The number of carbonyl (C=O) groups excluding carboxylic acids is 1. The fraction of sp³-hybridized carbons (Fsp3) is 0.273. The summed E-state index contributed by atoms with van der Waals surface area (Å²) in [6.07, 6.45) is -1.10. The zero-order chi connectivity index (χ0) is 21.9. The highest BCUT2D eigenvalue weighted by Gasteiger charge is 2.37. The zero-order valence-electron chi connectivity index (χ0n) is 16.9. The molecule has 30 heavy (non-hydrogen) atoms. The molecule has 0 bridgehead atoms. The maximum absolute atomic E-state index is 12.7. The molecule has 2 N–H and O–H groups in total. The zero-order valence-corrected chi connectivity index (χ0v) is 16.9. The molecule has 3 rings (SSSR count). The van der Waals surface area contributed by atoms with Crippen molar-refractivity contribution >= 4 is 23.5 Å². The molecule has 0 aliphatic carbocycles. The number of rotatable bonds is 5. The molecule has 1 amide bonds. The first-order valence-electron chi connectivity index (χ1n) is 9.38. The smallest absolute Gasteiger partial charge is 0.376 e. The Morgan fingerprint density at radius 2 is 1.90 bits per heavy atom. The summed E-state index contributed by atoms with van der Waals surface area (Å²) < 4.78 is 38.2. The number of hydrogen-bond acceptors (Lipinski definition) is 4. The molecule has 158 valence electrons. The third kappa shape index (κ3) is 4.48. The van der Waals surface area contributed by atoms with E-state index in [1.807, 2.05) is 25.3 Å². The summed E-state index contributed by atoms with van der Waals surface area (Å²) in [7, 11) is 1.98. The normalized spacial score (nSPS) is 16.7. The second-order valence-electron chi connectivity index (χ2n) is 7.50. The van der Waals surface area contributed by atoms with Crippen molar-refractivity contribution in [3.05, 3.63) is 71.4 Å². The molecule has 0 saturated heterocycles. The van der Waals surface area contributed by atoms with Gasteiger partial charge < -0.3 is 10.2 Å². The van der Waals surface area contributed by atoms with Crippen molar-refractivity contribution in [2.45, 2.75) is 25.4 Å². The van der Waals surface area contributed by atoms with Crippen molar-refractivity contribution in [2.24, 2.45) is 5.10 Å². The van der Waals surface area contributed by atoms with E-state index in [9.17, 15) is 18.0 Å². The van der Waals surface area contributed by atoms with Crippen LogP contribution in [-0.2, 0) is 16.4 Å². The summed E-state index contributed by atoms with van der Waals surface area (Å²) >= 11 is 0. The van der Waals surface area contributed by atoms with Gasteiger partial charge in [-0.3, -0.25) is 4.79 Å². The molecule has 0 aromatic heterocycles. The second kappa shape index (κ2) is 8.22. The lowest BCUT2D eigenvalue weighted by Crippen LogP contribution is -2.26. The Hall–Kier alpha value is -3.29. The number of amides is 1. The minimum absolute atomic E-state index is 0.202. The number of benzene rings is 2. The Kier molecular flexibility index (Phi) is 5.87. The highest BCUT2D eigenvalue weighted by Crippen LogP contribution is 2.46. The van der Waals surface area contributed by atoms with Gasteiger partial charge in [0.05, 0.1) is 12.1 Å². The van der Waals surface area contributed by atoms with E-state index in [0.717, 1.165) is 23.5 Å². The molecule has 2 aromatic carbocycles. The average molecular weight is 416 g/mol. The monoisotopic (exact) mass is 416 g/mol. The van der Waals surface area contributed by atoms with Crippen LogP contribution in [-0.4, -0.2) is 25.7 Å². The molecular formula is C22H23F3N4O. The number of nitrogens with zero attached hydrogens (tertiary/aromatic N) is 2. The van der Waals surface area contributed by atoms with Crippen LogP contribution in [0.2, 0.25) is 0 Å². The van der Waals surface area contributed by atoms with E-state index in [2.05, 4.69) is 46.7 Å². The number of allylic oxidation sites excluding steroid dienone is 2. The first-order chi connectivity index (χ1) is 14.1. The van der Waals surface area contributed by atoms with E-state index in [1.165, 1.54) is 23.9 Å². The number of fused-ring (bicyclic) bond motifs is 1. The van der Waals surface area contributed by atoms with Crippen LogP contribution < -0.4 is 15.6 Å². The Morgan fingerprint density at radius 1 is 1.17 bits per heavy atom. The quantitative estimate of drug-likeness (QED) is 0.556. The van der Waals surface area contributed by atoms with Crippen LogP contribution in [0.5, 0.6) is 0 Å². The number of nitrogens with one attached hydrogen (secondary N) is 2. The van der Waals surface area contributed by atoms with Crippen LogP contribution >= 0.6 is 0 Å². The molecule has 2 aromatic rings. The second-order valence-corrected chi connectivity index (χ2v) is 7.50. The molecule has 0 radical (unpaired) electrons. The SMILES string of the molecule is CN1/C(=C\C=N\NC(=O)CNc2cccc(C(F)(F)F)c2)C(C)(C)c2ccccc21. The summed E-state index contributed by atoms with van der Waals surface area (Å²) in [4.78, 5) is 14.0. The molecule has 1 heterocycles. The van der Waals surface area contributed by atoms with Crippen LogP contribution in [0.15, 0.2) is 65.4 Å². The summed E-state index contributed by atoms with van der Waals surface area (Å²) in [6, 6.07) is 12.8. The predicted molar refractivity (Wildman–Crippen MR) is 113 cm³/mol. The van der Waals surface area contributed by atoms with Crippen molar-refractivity contribution in [1.29, 1.82) is 0 Å². The van der Waals surface area contributed by atoms with Crippen LogP contribution in [0.25, 0.3) is 0 Å². The average Bonchev–Trinajstić information content (AvgIpc) is 2.89. The van der Waals surface area contributed by atoms with Crippen molar-refractivity contribution in [1.82, 2.24) is 5.43 Å². The standard InChI is InChI=1S/C22H23F3N4O/c1-21(2)17-9-4-5-10-18(17)29(3)19(21)11-12-27-28-20(30)14-26-16-8-6-7-15(13-16)22(23,24)25/h4-13,26H,14H2,1-3H3,(H,28,30)/b19-11-,27-12+. The van der Waals surface area contributed by atoms with Crippen LogP contribution in [0.3, 0.4) is 0 Å². The van der Waals surface area contributed by atoms with Gasteiger partial charge in [0.25, 0.3) is 5.91 Å². The third-order valence-electron chi connectivity index (χ3n) is 5.08. The number of halogens is 3. The topological polar surface area (TPSA) is 56.7 Å². The summed E-state index contributed by atoms with van der Waals surface area (Å²) in [5.74, 6) is -0.468. The van der Waals surface area contributed by atoms with Gasteiger partial charge in [0.2, 0.25) is 0 Å². The lowest BCUT2D eigenvalue weighted by atomic mass is 9.84. The van der Waals surface area contributed by atoms with E-state index in [4.69, 9.17) is 0 Å². The van der Waals surface area contributed by atoms with E-state index < -0.39 is 17.6 Å². The van der Waals surface area contributed by atoms with Crippen molar-refractivity contribution in [3.8, 4) is 0 Å². The highest BCUT2D eigenvalue weighted by molar-refractivity contribution is 5.83. The van der Waals surface area contributed by atoms with E-state index >= 15 is 0 Å². The van der Waals surface area contributed by atoms with Gasteiger partial charge >= 0.3 is 6.18 Å². The number of likely N-dealkylation sites (N-methyl/N-ethyl adjacent to an activating group) is 1. The molecule has 0 unspecified atom stereocenters. The molecule has 1 aliphatic rings. The van der Waals surface area contributed by atoms with Gasteiger partial charge in [0.15, 0.2) is 0 Å². The fourth-order valence-electron chi connectivity index (χ4n) is 3.55.